The summed E-state index contributed by atoms with van der Waals surface area (Å²) >= 11 is 0. The van der Waals surface area contributed by atoms with Gasteiger partial charge in [0.1, 0.15) is 12.1 Å². The van der Waals surface area contributed by atoms with Crippen molar-refractivity contribution < 1.29 is 24.5 Å². The zero-order valence-electron chi connectivity index (χ0n) is 22.4. The molecule has 0 unspecified atom stereocenters. The lowest BCUT2D eigenvalue weighted by molar-refractivity contribution is -0.149. The molecular formula is C28H55NO5. The van der Waals surface area contributed by atoms with Crippen molar-refractivity contribution in [3.63, 3.8) is 0 Å². The maximum absolute atomic E-state index is 12.3. The lowest BCUT2D eigenvalue weighted by Crippen LogP contribution is -2.57. The van der Waals surface area contributed by atoms with Crippen LogP contribution in [-0.4, -0.2) is 47.4 Å². The van der Waals surface area contributed by atoms with Crippen LogP contribution in [0.4, 0.5) is 0 Å². The van der Waals surface area contributed by atoms with Gasteiger partial charge in [0.25, 0.3) is 0 Å². The van der Waals surface area contributed by atoms with Crippen molar-refractivity contribution in [1.82, 2.24) is 5.32 Å². The monoisotopic (exact) mass is 485 g/mol. The van der Waals surface area contributed by atoms with E-state index in [0.717, 1.165) is 38.5 Å². The van der Waals surface area contributed by atoms with E-state index < -0.39 is 18.8 Å². The third-order valence-corrected chi connectivity index (χ3v) is 6.51. The molecule has 0 heterocycles. The summed E-state index contributed by atoms with van der Waals surface area (Å²) in [5, 5.41) is 22.2. The van der Waals surface area contributed by atoms with Gasteiger partial charge >= 0.3 is 5.97 Å². The molecule has 3 N–H and O–H groups in total. The van der Waals surface area contributed by atoms with Crippen LogP contribution in [0.5, 0.6) is 0 Å². The van der Waals surface area contributed by atoms with Crippen LogP contribution in [0, 0.1) is 0 Å². The largest absolute Gasteiger partial charge is 0.463 e. The van der Waals surface area contributed by atoms with Crippen LogP contribution < -0.4 is 5.32 Å². The van der Waals surface area contributed by atoms with Gasteiger partial charge in [-0.3, -0.25) is 9.59 Å². The van der Waals surface area contributed by atoms with Crippen molar-refractivity contribution in [3.05, 3.63) is 0 Å². The van der Waals surface area contributed by atoms with Gasteiger partial charge in [0.15, 0.2) is 0 Å². The summed E-state index contributed by atoms with van der Waals surface area (Å²) in [7, 11) is 0. The molecule has 0 bridgehead atoms. The fourth-order valence-electron chi connectivity index (χ4n) is 4.08. The number of aliphatic hydroxyl groups excluding tert-OH is 2. The Morgan fingerprint density at radius 1 is 0.618 bits per heavy atom. The fourth-order valence-corrected chi connectivity index (χ4v) is 4.08. The number of aliphatic hydroxyl groups is 2. The van der Waals surface area contributed by atoms with Gasteiger partial charge in [-0.25, -0.2) is 0 Å². The molecule has 0 atom stereocenters. The molecule has 0 aliphatic rings. The third kappa shape index (κ3) is 19.2. The summed E-state index contributed by atoms with van der Waals surface area (Å²) in [5.41, 5.74) is -1.31. The van der Waals surface area contributed by atoms with Crippen LogP contribution in [0.2, 0.25) is 0 Å². The SMILES string of the molecule is CCCCCCCCCCCC(=O)NC(CO)(CO)COC(=O)CCCCCCCCCCC. The van der Waals surface area contributed by atoms with Crippen LogP contribution in [-0.2, 0) is 14.3 Å². The molecule has 0 saturated heterocycles. The van der Waals surface area contributed by atoms with E-state index in [1.165, 1.54) is 77.0 Å². The normalized spacial score (nSPS) is 11.5. The van der Waals surface area contributed by atoms with Crippen LogP contribution in [0.25, 0.3) is 0 Å². The van der Waals surface area contributed by atoms with Gasteiger partial charge in [0.05, 0.1) is 13.2 Å². The Labute approximate surface area is 209 Å². The van der Waals surface area contributed by atoms with E-state index in [4.69, 9.17) is 4.74 Å². The van der Waals surface area contributed by atoms with Crippen molar-refractivity contribution in [3.8, 4) is 0 Å². The fraction of sp³-hybridized carbons (Fsp3) is 0.929. The third-order valence-electron chi connectivity index (χ3n) is 6.51. The molecule has 6 nitrogen and oxygen atoms in total. The molecule has 0 aromatic carbocycles. The standard InChI is InChI=1S/C28H55NO5/c1-3-5-7-9-11-13-15-17-19-21-26(32)29-28(23-30,24-31)25-34-27(33)22-20-18-16-14-12-10-8-6-4-2/h30-31H,3-25H2,1-2H3,(H,29,32). The minimum atomic E-state index is -1.31. The van der Waals surface area contributed by atoms with Gasteiger partial charge in [-0.05, 0) is 12.8 Å². The zero-order valence-corrected chi connectivity index (χ0v) is 22.4. The molecule has 0 fully saturated rings. The van der Waals surface area contributed by atoms with Gasteiger partial charge in [-0.1, -0.05) is 117 Å². The van der Waals surface area contributed by atoms with E-state index in [0.29, 0.717) is 12.8 Å². The number of carbonyl (C=O) groups excluding carboxylic acids is 2. The average molecular weight is 486 g/mol. The van der Waals surface area contributed by atoms with Gasteiger partial charge in [0, 0.05) is 12.8 Å². The summed E-state index contributed by atoms with van der Waals surface area (Å²) in [6.07, 6.45) is 21.8. The molecule has 0 spiro atoms. The molecule has 1 amide bonds. The summed E-state index contributed by atoms with van der Waals surface area (Å²) in [4.78, 5) is 24.4. The van der Waals surface area contributed by atoms with Crippen molar-refractivity contribution in [1.29, 1.82) is 0 Å². The zero-order chi connectivity index (χ0) is 25.3. The predicted octanol–water partition coefficient (Wildman–Crippen LogP) is 6.21. The first-order valence-corrected chi connectivity index (χ1v) is 14.2. The molecule has 0 aromatic heterocycles. The van der Waals surface area contributed by atoms with Gasteiger partial charge in [-0.2, -0.15) is 0 Å². The lowest BCUT2D eigenvalue weighted by atomic mass is 10.0. The summed E-state index contributed by atoms with van der Waals surface area (Å²) in [5.74, 6) is -0.566. The number of hydrogen-bond acceptors (Lipinski definition) is 5. The number of unbranched alkanes of at least 4 members (excludes halogenated alkanes) is 16. The molecule has 0 aliphatic heterocycles. The van der Waals surface area contributed by atoms with E-state index >= 15 is 0 Å². The Morgan fingerprint density at radius 2 is 1.00 bits per heavy atom. The summed E-state index contributed by atoms with van der Waals surface area (Å²) in [6, 6.07) is 0. The van der Waals surface area contributed by atoms with Crippen LogP contribution in [0.1, 0.15) is 142 Å². The number of nitrogens with one attached hydrogen (secondary N) is 1. The number of amides is 1. The van der Waals surface area contributed by atoms with Crippen LogP contribution >= 0.6 is 0 Å². The topological polar surface area (TPSA) is 95.9 Å². The second-order valence-electron chi connectivity index (χ2n) is 9.96. The summed E-state index contributed by atoms with van der Waals surface area (Å²) < 4.78 is 5.29. The maximum Gasteiger partial charge on any atom is 0.305 e. The lowest BCUT2D eigenvalue weighted by Gasteiger charge is -2.30. The molecule has 0 radical (unpaired) electrons. The predicted molar refractivity (Wildman–Crippen MR) is 140 cm³/mol. The molecular weight excluding hydrogens is 430 g/mol. The Bertz CT molecular complexity index is 479. The maximum atomic E-state index is 12.3. The van der Waals surface area contributed by atoms with E-state index in [1.54, 1.807) is 0 Å². The van der Waals surface area contributed by atoms with Gasteiger partial charge in [0.2, 0.25) is 5.91 Å². The highest BCUT2D eigenvalue weighted by Gasteiger charge is 2.32. The highest BCUT2D eigenvalue weighted by Crippen LogP contribution is 2.13. The first kappa shape index (κ1) is 32.9. The van der Waals surface area contributed by atoms with Gasteiger partial charge in [-0.15, -0.1) is 0 Å². The molecule has 34 heavy (non-hydrogen) atoms. The molecule has 0 aliphatic carbocycles. The van der Waals surface area contributed by atoms with Crippen molar-refractivity contribution in [2.75, 3.05) is 19.8 Å². The highest BCUT2D eigenvalue weighted by molar-refractivity contribution is 5.77. The average Bonchev–Trinajstić information content (AvgIpc) is 2.84. The first-order chi connectivity index (χ1) is 16.5. The smallest absolute Gasteiger partial charge is 0.305 e. The summed E-state index contributed by atoms with van der Waals surface area (Å²) in [6.45, 7) is 3.28. The van der Waals surface area contributed by atoms with Crippen LogP contribution in [0.15, 0.2) is 0 Å². The molecule has 0 saturated carbocycles. The van der Waals surface area contributed by atoms with Crippen LogP contribution in [0.3, 0.4) is 0 Å². The number of rotatable bonds is 25. The Kier molecular flexibility index (Phi) is 22.8. The molecule has 6 heteroatoms. The highest BCUT2D eigenvalue weighted by atomic mass is 16.5. The second kappa shape index (κ2) is 23.6. The number of esters is 1. The Balaban J connectivity index is 3.95. The first-order valence-electron chi connectivity index (χ1n) is 14.2. The van der Waals surface area contributed by atoms with E-state index in [1.807, 2.05) is 0 Å². The number of hydrogen-bond donors (Lipinski definition) is 3. The Hall–Kier alpha value is -1.14. The minimum absolute atomic E-state index is 0.209. The van der Waals surface area contributed by atoms with E-state index in [-0.39, 0.29) is 18.5 Å². The number of carbonyl (C=O) groups is 2. The van der Waals surface area contributed by atoms with E-state index in [2.05, 4.69) is 19.2 Å². The minimum Gasteiger partial charge on any atom is -0.463 e. The molecule has 0 rings (SSSR count). The molecule has 202 valence electrons. The van der Waals surface area contributed by atoms with Crippen molar-refractivity contribution >= 4 is 11.9 Å². The molecule has 0 aromatic rings. The Morgan fingerprint density at radius 3 is 1.41 bits per heavy atom. The van der Waals surface area contributed by atoms with Gasteiger partial charge < -0.3 is 20.3 Å². The van der Waals surface area contributed by atoms with Crippen molar-refractivity contribution in [2.24, 2.45) is 0 Å². The quantitative estimate of drug-likeness (QED) is 0.105. The van der Waals surface area contributed by atoms with Crippen molar-refractivity contribution in [2.45, 2.75) is 148 Å². The number of ether oxygens (including phenoxy) is 1. The van der Waals surface area contributed by atoms with E-state index in [9.17, 15) is 19.8 Å². The second-order valence-corrected chi connectivity index (χ2v) is 9.96.